The smallest absolute Gasteiger partial charge is 0.290 e. The van der Waals surface area contributed by atoms with Gasteiger partial charge >= 0.3 is 0 Å². The number of hydrogen-bond acceptors (Lipinski definition) is 7. The molecule has 1 aromatic rings. The first-order valence-corrected chi connectivity index (χ1v) is 8.87. The van der Waals surface area contributed by atoms with Crippen molar-refractivity contribution in [2.24, 2.45) is 0 Å². The van der Waals surface area contributed by atoms with Gasteiger partial charge in [-0.3, -0.25) is 9.59 Å². The number of carboxylic acid groups (broad SMARTS) is 1. The topological polar surface area (TPSA) is 118 Å². The molecule has 0 unspecified atom stereocenters. The fourth-order valence-electron chi connectivity index (χ4n) is 3.11. The van der Waals surface area contributed by atoms with E-state index < -0.39 is 0 Å². The molecule has 0 saturated carbocycles. The van der Waals surface area contributed by atoms with Crippen molar-refractivity contribution in [3.05, 3.63) is 11.1 Å². The van der Waals surface area contributed by atoms with Crippen LogP contribution in [-0.2, 0) is 9.53 Å². The quantitative estimate of drug-likeness (QED) is 0.686. The van der Waals surface area contributed by atoms with Crippen molar-refractivity contribution in [2.45, 2.75) is 37.8 Å². The monoisotopic (exact) mass is 356 g/mol. The second-order valence-corrected chi connectivity index (χ2v) is 6.86. The highest BCUT2D eigenvalue weighted by Crippen LogP contribution is 2.21. The van der Waals surface area contributed by atoms with Crippen molar-refractivity contribution >= 4 is 28.8 Å². The molecule has 134 valence electrons. The van der Waals surface area contributed by atoms with E-state index in [-0.39, 0.29) is 18.4 Å². The highest BCUT2D eigenvalue weighted by Gasteiger charge is 2.27. The molecule has 24 heavy (non-hydrogen) atoms. The van der Waals surface area contributed by atoms with Gasteiger partial charge in [-0.2, -0.15) is 0 Å². The van der Waals surface area contributed by atoms with Crippen molar-refractivity contribution in [3.8, 4) is 0 Å². The minimum absolute atomic E-state index is 0.0475. The molecule has 3 rings (SSSR count). The number of carbonyl (C=O) groups excluding carboxylic acids is 1. The molecule has 8 nitrogen and oxygen atoms in total. The van der Waals surface area contributed by atoms with Gasteiger partial charge in [-0.1, -0.05) is 11.3 Å². The predicted molar refractivity (Wildman–Crippen MR) is 91.1 cm³/mol. The van der Waals surface area contributed by atoms with E-state index in [0.717, 1.165) is 52.0 Å². The maximum Gasteiger partial charge on any atom is 0.290 e. The molecule has 0 aromatic carbocycles. The number of amides is 1. The summed E-state index contributed by atoms with van der Waals surface area (Å²) in [4.78, 5) is 27.5. The van der Waals surface area contributed by atoms with Crippen LogP contribution < -0.4 is 11.1 Å². The second kappa shape index (κ2) is 9.55. The summed E-state index contributed by atoms with van der Waals surface area (Å²) in [6.45, 7) is 3.63. The maximum atomic E-state index is 12.1. The summed E-state index contributed by atoms with van der Waals surface area (Å²) in [6.07, 6.45) is 5.84. The number of hydrogen-bond donors (Lipinski definition) is 3. The summed E-state index contributed by atoms with van der Waals surface area (Å²) in [6, 6.07) is 0.925. The van der Waals surface area contributed by atoms with Crippen molar-refractivity contribution in [3.63, 3.8) is 0 Å². The number of carbonyl (C=O) groups is 2. The Morgan fingerprint density at radius 3 is 2.54 bits per heavy atom. The molecule has 2 saturated heterocycles. The lowest BCUT2D eigenvalue weighted by atomic mass is 9.99. The van der Waals surface area contributed by atoms with Crippen LogP contribution in [0.1, 0.15) is 35.4 Å². The number of rotatable bonds is 3. The Hall–Kier alpha value is -1.71. The highest BCUT2D eigenvalue weighted by molar-refractivity contribution is 7.17. The summed E-state index contributed by atoms with van der Waals surface area (Å²) in [5.74, 6) is -0.0475. The lowest BCUT2D eigenvalue weighted by Gasteiger charge is -2.39. The molecule has 1 amide bonds. The van der Waals surface area contributed by atoms with Crippen LogP contribution in [0.5, 0.6) is 0 Å². The molecular weight excluding hydrogens is 332 g/mol. The Kier molecular flexibility index (Phi) is 7.41. The van der Waals surface area contributed by atoms with E-state index in [2.05, 4.69) is 15.2 Å². The lowest BCUT2D eigenvalue weighted by molar-refractivity contribution is -0.122. The Morgan fingerprint density at radius 1 is 1.38 bits per heavy atom. The maximum absolute atomic E-state index is 12.1. The average molecular weight is 356 g/mol. The van der Waals surface area contributed by atoms with Crippen LogP contribution in [0.3, 0.4) is 0 Å². The first-order chi connectivity index (χ1) is 11.6. The van der Waals surface area contributed by atoms with Crippen LogP contribution in [0, 0.1) is 0 Å². The molecule has 2 aliphatic rings. The van der Waals surface area contributed by atoms with Gasteiger partial charge in [0.05, 0.1) is 6.20 Å². The molecule has 0 bridgehead atoms. The van der Waals surface area contributed by atoms with Crippen LogP contribution >= 0.6 is 11.3 Å². The van der Waals surface area contributed by atoms with Gasteiger partial charge in [-0.05, 0) is 25.7 Å². The van der Waals surface area contributed by atoms with Gasteiger partial charge in [0, 0.05) is 38.4 Å². The van der Waals surface area contributed by atoms with Gasteiger partial charge in [0.1, 0.15) is 4.88 Å². The van der Waals surface area contributed by atoms with Crippen LogP contribution in [0.15, 0.2) is 6.20 Å². The standard InChI is InChI=1S/C14H22N4O2S.CH2O2/c15-14-16-9-12(21-14)13(19)17-10-1-5-18(6-2-10)11-3-7-20-8-4-11;2-1-3/h9-11H,1-8H2,(H2,15,16)(H,17,19);1H,(H,2,3). The van der Waals surface area contributed by atoms with Gasteiger partial charge in [-0.15, -0.1) is 0 Å². The molecule has 0 spiro atoms. The second-order valence-electron chi connectivity index (χ2n) is 5.80. The van der Waals surface area contributed by atoms with E-state index in [4.69, 9.17) is 20.4 Å². The van der Waals surface area contributed by atoms with Gasteiger partial charge < -0.3 is 25.8 Å². The van der Waals surface area contributed by atoms with E-state index in [9.17, 15) is 4.79 Å². The minimum Gasteiger partial charge on any atom is -0.483 e. The zero-order valence-corrected chi connectivity index (χ0v) is 14.3. The molecule has 4 N–H and O–H groups in total. The summed E-state index contributed by atoms with van der Waals surface area (Å²) in [5.41, 5.74) is 5.56. The molecule has 0 radical (unpaired) electrons. The number of anilines is 1. The summed E-state index contributed by atoms with van der Waals surface area (Å²) in [7, 11) is 0. The number of nitrogens with zero attached hydrogens (tertiary/aromatic N) is 2. The van der Waals surface area contributed by atoms with Crippen LogP contribution in [-0.4, -0.2) is 65.8 Å². The van der Waals surface area contributed by atoms with Crippen molar-refractivity contribution in [2.75, 3.05) is 32.0 Å². The van der Waals surface area contributed by atoms with Gasteiger partial charge in [0.2, 0.25) is 0 Å². The van der Waals surface area contributed by atoms with E-state index in [1.807, 2.05) is 0 Å². The zero-order valence-electron chi connectivity index (χ0n) is 13.5. The molecule has 2 aliphatic heterocycles. The number of ether oxygens (including phenoxy) is 1. The summed E-state index contributed by atoms with van der Waals surface area (Å²) >= 11 is 1.24. The molecule has 2 fully saturated rings. The normalized spacial score (nSPS) is 20.0. The van der Waals surface area contributed by atoms with Gasteiger partial charge in [0.25, 0.3) is 12.4 Å². The largest absolute Gasteiger partial charge is 0.483 e. The fourth-order valence-corrected chi connectivity index (χ4v) is 3.70. The van der Waals surface area contributed by atoms with Crippen LogP contribution in [0.2, 0.25) is 0 Å². The van der Waals surface area contributed by atoms with Gasteiger partial charge in [-0.25, -0.2) is 4.98 Å². The third kappa shape index (κ3) is 5.43. The van der Waals surface area contributed by atoms with Crippen molar-refractivity contribution in [1.82, 2.24) is 15.2 Å². The van der Waals surface area contributed by atoms with Crippen LogP contribution in [0.25, 0.3) is 0 Å². The summed E-state index contributed by atoms with van der Waals surface area (Å²) < 4.78 is 5.42. The number of aromatic nitrogens is 1. The number of nitrogens with one attached hydrogen (secondary N) is 1. The summed E-state index contributed by atoms with van der Waals surface area (Å²) in [5, 5.41) is 10.4. The zero-order chi connectivity index (χ0) is 17.4. The molecule has 1 aromatic heterocycles. The Morgan fingerprint density at radius 2 is 2.00 bits per heavy atom. The Labute approximate surface area is 145 Å². The molecular formula is C15H24N4O4S. The van der Waals surface area contributed by atoms with E-state index in [0.29, 0.717) is 16.1 Å². The molecule has 0 atom stereocenters. The van der Waals surface area contributed by atoms with E-state index in [1.165, 1.54) is 11.3 Å². The van der Waals surface area contributed by atoms with Crippen molar-refractivity contribution in [1.29, 1.82) is 0 Å². The third-order valence-electron chi connectivity index (χ3n) is 4.32. The van der Waals surface area contributed by atoms with Gasteiger partial charge in [0.15, 0.2) is 5.13 Å². The molecule has 3 heterocycles. The van der Waals surface area contributed by atoms with E-state index >= 15 is 0 Å². The van der Waals surface area contributed by atoms with Crippen LogP contribution in [0.4, 0.5) is 5.13 Å². The number of thiazole rings is 1. The molecule has 9 heteroatoms. The number of piperidine rings is 1. The predicted octanol–water partition coefficient (Wildman–Crippen LogP) is 0.799. The number of nitrogen functional groups attached to an aromatic ring is 1. The number of likely N-dealkylation sites (tertiary alicyclic amines) is 1. The van der Waals surface area contributed by atoms with E-state index in [1.54, 1.807) is 6.20 Å². The molecule has 0 aliphatic carbocycles. The first kappa shape index (κ1) is 18.6. The first-order valence-electron chi connectivity index (χ1n) is 8.06. The minimum atomic E-state index is -0.250. The highest BCUT2D eigenvalue weighted by atomic mass is 32.1. The number of nitrogens with two attached hydrogens (primary N) is 1. The Bertz CT molecular complexity index is 525. The lowest BCUT2D eigenvalue weighted by Crippen LogP contribution is -2.49. The third-order valence-corrected chi connectivity index (χ3v) is 5.14. The Balaban J connectivity index is 0.000000647. The SMILES string of the molecule is Nc1ncc(C(=O)NC2CCN(C3CCOCC3)CC2)s1.O=CO. The van der Waals surface area contributed by atoms with Crippen molar-refractivity contribution < 1.29 is 19.4 Å². The fraction of sp³-hybridized carbons (Fsp3) is 0.667. The average Bonchev–Trinajstić information content (AvgIpc) is 3.04.